The second-order valence-corrected chi connectivity index (χ2v) is 8.66. The molecule has 0 bridgehead atoms. The van der Waals surface area contributed by atoms with Crippen LogP contribution in [0.1, 0.15) is 28.3 Å². The summed E-state index contributed by atoms with van der Waals surface area (Å²) in [5.41, 5.74) is 5.98. The van der Waals surface area contributed by atoms with Gasteiger partial charge in [-0.1, -0.05) is 59.6 Å². The molecule has 0 amide bonds. The summed E-state index contributed by atoms with van der Waals surface area (Å²) in [4.78, 5) is 4.88. The Morgan fingerprint density at radius 1 is 0.900 bits per heavy atom. The fourth-order valence-corrected chi connectivity index (χ4v) is 4.53. The number of benzene rings is 3. The third-order valence-electron chi connectivity index (χ3n) is 5.97. The molecule has 0 aromatic heterocycles. The Kier molecular flexibility index (Phi) is 6.40. The SMILES string of the molecule is Cc1ccc(CCN2CCN(c3ccc(C)cc3Cl)[C@H](c3ccc(F)cc3)C2)cc1. The predicted molar refractivity (Wildman–Crippen MR) is 124 cm³/mol. The van der Waals surface area contributed by atoms with Crippen molar-refractivity contribution in [2.24, 2.45) is 0 Å². The van der Waals surface area contributed by atoms with Crippen molar-refractivity contribution >= 4 is 17.3 Å². The van der Waals surface area contributed by atoms with Crippen LogP contribution in [0.3, 0.4) is 0 Å². The van der Waals surface area contributed by atoms with Crippen LogP contribution in [0.4, 0.5) is 10.1 Å². The standard InChI is InChI=1S/C26H28ClFN2/c1-19-3-6-21(7-4-19)13-14-29-15-16-30(25-12-5-20(2)17-24(25)27)26(18-29)22-8-10-23(28)11-9-22/h3-12,17,26H,13-16,18H2,1-2H3/t26-/m0/s1. The minimum absolute atomic E-state index is 0.137. The summed E-state index contributed by atoms with van der Waals surface area (Å²) >= 11 is 6.62. The normalized spacial score (nSPS) is 17.3. The molecular weight excluding hydrogens is 395 g/mol. The highest BCUT2D eigenvalue weighted by atomic mass is 35.5. The number of halogens is 2. The maximum absolute atomic E-state index is 13.6. The van der Waals surface area contributed by atoms with Crippen LogP contribution in [-0.2, 0) is 6.42 Å². The van der Waals surface area contributed by atoms with Gasteiger partial charge in [-0.3, -0.25) is 4.90 Å². The predicted octanol–water partition coefficient (Wildman–Crippen LogP) is 6.20. The number of hydrogen-bond acceptors (Lipinski definition) is 2. The maximum atomic E-state index is 13.6. The van der Waals surface area contributed by atoms with E-state index in [9.17, 15) is 4.39 Å². The van der Waals surface area contributed by atoms with Gasteiger partial charge in [0, 0.05) is 26.2 Å². The van der Waals surface area contributed by atoms with Crippen LogP contribution >= 0.6 is 11.6 Å². The van der Waals surface area contributed by atoms with Crippen molar-refractivity contribution in [2.45, 2.75) is 26.3 Å². The first kappa shape index (κ1) is 20.9. The molecule has 30 heavy (non-hydrogen) atoms. The zero-order valence-electron chi connectivity index (χ0n) is 17.6. The van der Waals surface area contributed by atoms with Gasteiger partial charge in [0.2, 0.25) is 0 Å². The molecule has 3 aromatic rings. The first-order valence-corrected chi connectivity index (χ1v) is 10.9. The van der Waals surface area contributed by atoms with Crippen molar-refractivity contribution < 1.29 is 4.39 Å². The van der Waals surface area contributed by atoms with Crippen LogP contribution in [0.2, 0.25) is 5.02 Å². The summed E-state index contributed by atoms with van der Waals surface area (Å²) in [6.07, 6.45) is 1.03. The van der Waals surface area contributed by atoms with Gasteiger partial charge in [-0.25, -0.2) is 4.39 Å². The molecule has 3 aromatic carbocycles. The van der Waals surface area contributed by atoms with Crippen LogP contribution in [0.25, 0.3) is 0 Å². The summed E-state index contributed by atoms with van der Waals surface area (Å²) in [6.45, 7) is 7.94. The quantitative estimate of drug-likeness (QED) is 0.482. The number of hydrogen-bond donors (Lipinski definition) is 0. The molecule has 1 atom stereocenters. The molecule has 0 N–H and O–H groups in total. The summed E-state index contributed by atoms with van der Waals surface area (Å²) in [5.74, 6) is -0.203. The molecular formula is C26H28ClFN2. The molecule has 1 saturated heterocycles. The lowest BCUT2D eigenvalue weighted by molar-refractivity contribution is 0.226. The molecule has 1 aliphatic heterocycles. The minimum atomic E-state index is -0.203. The van der Waals surface area contributed by atoms with E-state index in [4.69, 9.17) is 11.6 Å². The van der Waals surface area contributed by atoms with Crippen molar-refractivity contribution in [1.29, 1.82) is 0 Å². The number of aryl methyl sites for hydroxylation is 2. The fourth-order valence-electron chi connectivity index (χ4n) is 4.19. The monoisotopic (exact) mass is 422 g/mol. The van der Waals surface area contributed by atoms with Crippen LogP contribution in [-0.4, -0.2) is 31.1 Å². The summed E-state index contributed by atoms with van der Waals surface area (Å²) in [5, 5.41) is 0.773. The van der Waals surface area contributed by atoms with Crippen LogP contribution in [0.15, 0.2) is 66.7 Å². The molecule has 0 aliphatic carbocycles. The molecule has 0 spiro atoms. The van der Waals surface area contributed by atoms with Crippen molar-refractivity contribution in [3.8, 4) is 0 Å². The fraction of sp³-hybridized carbons (Fsp3) is 0.308. The summed E-state index contributed by atoms with van der Waals surface area (Å²) in [6, 6.07) is 22.1. The highest BCUT2D eigenvalue weighted by molar-refractivity contribution is 6.33. The van der Waals surface area contributed by atoms with E-state index in [-0.39, 0.29) is 11.9 Å². The second kappa shape index (κ2) is 9.20. The third-order valence-corrected chi connectivity index (χ3v) is 6.27. The van der Waals surface area contributed by atoms with Crippen LogP contribution in [0, 0.1) is 19.7 Å². The van der Waals surface area contributed by atoms with E-state index >= 15 is 0 Å². The van der Waals surface area contributed by atoms with Crippen molar-refractivity contribution in [2.75, 3.05) is 31.1 Å². The molecule has 0 unspecified atom stereocenters. The Labute approximate surface area is 183 Å². The van der Waals surface area contributed by atoms with E-state index in [2.05, 4.69) is 60.0 Å². The smallest absolute Gasteiger partial charge is 0.123 e. The molecule has 0 radical (unpaired) electrons. The molecule has 4 heteroatoms. The highest BCUT2D eigenvalue weighted by Crippen LogP contribution is 2.35. The van der Waals surface area contributed by atoms with Gasteiger partial charge in [0.1, 0.15) is 5.82 Å². The van der Waals surface area contributed by atoms with Gasteiger partial charge in [0.25, 0.3) is 0 Å². The van der Waals surface area contributed by atoms with E-state index in [0.29, 0.717) is 0 Å². The third kappa shape index (κ3) is 4.85. The second-order valence-electron chi connectivity index (χ2n) is 8.25. The minimum Gasteiger partial charge on any atom is -0.361 e. The van der Waals surface area contributed by atoms with Gasteiger partial charge >= 0.3 is 0 Å². The zero-order chi connectivity index (χ0) is 21.1. The van der Waals surface area contributed by atoms with Crippen molar-refractivity contribution in [3.63, 3.8) is 0 Å². The molecule has 1 heterocycles. The van der Waals surface area contributed by atoms with Crippen molar-refractivity contribution in [3.05, 3.63) is 99.8 Å². The molecule has 156 valence electrons. The van der Waals surface area contributed by atoms with E-state index in [1.54, 1.807) is 12.1 Å². The summed E-state index contributed by atoms with van der Waals surface area (Å²) in [7, 11) is 0. The lowest BCUT2D eigenvalue weighted by Gasteiger charge is -2.43. The lowest BCUT2D eigenvalue weighted by Crippen LogP contribution is -2.49. The number of nitrogens with zero attached hydrogens (tertiary/aromatic N) is 2. The first-order valence-electron chi connectivity index (χ1n) is 10.6. The molecule has 0 saturated carbocycles. The topological polar surface area (TPSA) is 6.48 Å². The Hall–Kier alpha value is -2.36. The molecule has 2 nitrogen and oxygen atoms in total. The van der Waals surface area contributed by atoms with Gasteiger partial charge in [-0.2, -0.15) is 0 Å². The van der Waals surface area contributed by atoms with E-state index in [1.807, 2.05) is 18.2 Å². The van der Waals surface area contributed by atoms with Crippen LogP contribution < -0.4 is 4.90 Å². The molecule has 4 rings (SSSR count). The molecule has 1 aliphatic rings. The number of rotatable bonds is 5. The number of piperazine rings is 1. The molecule has 1 fully saturated rings. The van der Waals surface area contributed by atoms with Crippen LogP contribution in [0.5, 0.6) is 0 Å². The Morgan fingerprint density at radius 2 is 1.60 bits per heavy atom. The van der Waals surface area contributed by atoms with E-state index < -0.39 is 0 Å². The average Bonchev–Trinajstić information content (AvgIpc) is 2.74. The summed E-state index contributed by atoms with van der Waals surface area (Å²) < 4.78 is 13.6. The van der Waals surface area contributed by atoms with Gasteiger partial charge in [-0.05, 0) is 61.2 Å². The Balaban J connectivity index is 1.55. The first-order chi connectivity index (χ1) is 14.5. The van der Waals surface area contributed by atoms with Gasteiger partial charge in [-0.15, -0.1) is 0 Å². The highest BCUT2D eigenvalue weighted by Gasteiger charge is 2.29. The largest absolute Gasteiger partial charge is 0.361 e. The van der Waals surface area contributed by atoms with Crippen molar-refractivity contribution in [1.82, 2.24) is 4.90 Å². The number of anilines is 1. The van der Waals surface area contributed by atoms with E-state index in [1.165, 1.54) is 11.1 Å². The average molecular weight is 423 g/mol. The lowest BCUT2D eigenvalue weighted by atomic mass is 10.00. The van der Waals surface area contributed by atoms with Gasteiger partial charge < -0.3 is 4.90 Å². The van der Waals surface area contributed by atoms with Gasteiger partial charge in [0.05, 0.1) is 16.8 Å². The Morgan fingerprint density at radius 3 is 2.30 bits per heavy atom. The Bertz CT molecular complexity index is 985. The zero-order valence-corrected chi connectivity index (χ0v) is 18.4. The van der Waals surface area contributed by atoms with Gasteiger partial charge in [0.15, 0.2) is 0 Å². The van der Waals surface area contributed by atoms with E-state index in [0.717, 1.165) is 54.4 Å². The maximum Gasteiger partial charge on any atom is 0.123 e.